The van der Waals surface area contributed by atoms with E-state index in [4.69, 9.17) is 11.6 Å². The Morgan fingerprint density at radius 2 is 1.97 bits per heavy atom. The molecule has 0 aliphatic carbocycles. The lowest BCUT2D eigenvalue weighted by molar-refractivity contribution is -0.384. The van der Waals surface area contributed by atoms with Gasteiger partial charge in [0.15, 0.2) is 0 Å². The number of nitrogens with one attached hydrogen (secondary N) is 1. The molecule has 2 aromatic carbocycles. The van der Waals surface area contributed by atoms with Gasteiger partial charge in [-0.15, -0.1) is 0 Å². The predicted molar refractivity (Wildman–Crippen MR) is 110 cm³/mol. The lowest BCUT2D eigenvalue weighted by atomic mass is 10.1. The largest absolute Gasteiger partial charge is 0.272 e. The number of nitro benzene ring substituents is 1. The molecule has 0 saturated carbocycles. The highest BCUT2D eigenvalue weighted by molar-refractivity contribution is 7.88. The molecule has 0 aromatic heterocycles. The molecule has 0 fully saturated rings. The van der Waals surface area contributed by atoms with Crippen LogP contribution in [0.2, 0.25) is 5.02 Å². The number of hydrogen-bond donors (Lipinski definition) is 1. The lowest BCUT2D eigenvalue weighted by Gasteiger charge is -2.18. The Labute approximate surface area is 173 Å². The monoisotopic (exact) mass is 438 g/mol. The van der Waals surface area contributed by atoms with Gasteiger partial charge in [0.05, 0.1) is 23.9 Å². The van der Waals surface area contributed by atoms with Gasteiger partial charge in [-0.05, 0) is 18.1 Å². The number of hydrazone groups is 1. The molecule has 0 radical (unpaired) electrons. The van der Waals surface area contributed by atoms with Gasteiger partial charge in [-0.3, -0.25) is 14.9 Å². The van der Waals surface area contributed by atoms with Crippen molar-refractivity contribution in [2.45, 2.75) is 6.42 Å². The van der Waals surface area contributed by atoms with Gasteiger partial charge in [0, 0.05) is 29.3 Å². The van der Waals surface area contributed by atoms with E-state index in [-0.39, 0.29) is 22.8 Å². The summed E-state index contributed by atoms with van der Waals surface area (Å²) in [5.41, 5.74) is 3.21. The molecule has 2 aromatic rings. The van der Waals surface area contributed by atoms with Crippen LogP contribution in [0.1, 0.15) is 11.1 Å². The number of non-ortho nitro benzene ring substituents is 1. The molecule has 0 aliphatic heterocycles. The molecule has 29 heavy (non-hydrogen) atoms. The molecule has 9 nitrogen and oxygen atoms in total. The Hall–Kier alpha value is -2.82. The van der Waals surface area contributed by atoms with E-state index >= 15 is 0 Å². The first-order valence-electron chi connectivity index (χ1n) is 8.41. The zero-order valence-electron chi connectivity index (χ0n) is 15.5. The second kappa shape index (κ2) is 10.1. The molecule has 0 saturated heterocycles. The summed E-state index contributed by atoms with van der Waals surface area (Å²) in [5.74, 6) is -0.652. The van der Waals surface area contributed by atoms with Crippen LogP contribution in [0.5, 0.6) is 0 Å². The third-order valence-electron chi connectivity index (χ3n) is 3.86. The van der Waals surface area contributed by atoms with Gasteiger partial charge in [0.2, 0.25) is 10.0 Å². The molecule has 0 bridgehead atoms. The maximum atomic E-state index is 12.1. The number of nitrogens with zero attached hydrogens (tertiary/aromatic N) is 3. The Bertz CT molecular complexity index is 1010. The average Bonchev–Trinajstić information content (AvgIpc) is 2.66. The van der Waals surface area contributed by atoms with Gasteiger partial charge in [-0.25, -0.2) is 13.8 Å². The number of amides is 1. The summed E-state index contributed by atoms with van der Waals surface area (Å²) in [5, 5.41) is 14.7. The highest BCUT2D eigenvalue weighted by Crippen LogP contribution is 2.20. The highest BCUT2D eigenvalue weighted by Gasteiger charge is 2.19. The maximum Gasteiger partial charge on any atom is 0.270 e. The topological polar surface area (TPSA) is 122 Å². The van der Waals surface area contributed by atoms with Crippen LogP contribution in [0.15, 0.2) is 53.6 Å². The van der Waals surface area contributed by atoms with Crippen LogP contribution in [0, 0.1) is 10.1 Å². The van der Waals surface area contributed by atoms with Crippen LogP contribution in [0.3, 0.4) is 0 Å². The van der Waals surface area contributed by atoms with Crippen LogP contribution in [0.25, 0.3) is 0 Å². The molecule has 11 heteroatoms. The first kappa shape index (κ1) is 22.5. The van der Waals surface area contributed by atoms with E-state index in [9.17, 15) is 23.3 Å². The van der Waals surface area contributed by atoms with E-state index in [0.717, 1.165) is 22.3 Å². The summed E-state index contributed by atoms with van der Waals surface area (Å²) in [6.45, 7) is -0.275. The minimum absolute atomic E-state index is 0.136. The minimum Gasteiger partial charge on any atom is -0.272 e. The molecular weight excluding hydrogens is 420 g/mol. The van der Waals surface area contributed by atoms with Crippen LogP contribution >= 0.6 is 11.6 Å². The molecule has 2 rings (SSSR count). The van der Waals surface area contributed by atoms with Crippen molar-refractivity contribution in [3.8, 4) is 0 Å². The number of benzene rings is 2. The van der Waals surface area contributed by atoms with Crippen molar-refractivity contribution in [2.24, 2.45) is 5.10 Å². The number of carbonyl (C=O) groups excluding carboxylic acids is 1. The van der Waals surface area contributed by atoms with Crippen molar-refractivity contribution in [1.82, 2.24) is 9.73 Å². The number of rotatable bonds is 9. The normalized spacial score (nSPS) is 11.7. The van der Waals surface area contributed by atoms with Crippen LogP contribution in [-0.4, -0.2) is 49.1 Å². The van der Waals surface area contributed by atoms with Gasteiger partial charge >= 0.3 is 0 Å². The number of halogens is 1. The zero-order chi connectivity index (χ0) is 21.4. The number of sulfonamides is 1. The lowest BCUT2D eigenvalue weighted by Crippen LogP contribution is -2.40. The zero-order valence-corrected chi connectivity index (χ0v) is 17.1. The van der Waals surface area contributed by atoms with Gasteiger partial charge in [0.1, 0.15) is 0 Å². The Kier molecular flexibility index (Phi) is 7.82. The van der Waals surface area contributed by atoms with Gasteiger partial charge in [-0.1, -0.05) is 41.9 Å². The van der Waals surface area contributed by atoms with E-state index in [0.29, 0.717) is 6.42 Å². The highest BCUT2D eigenvalue weighted by atomic mass is 35.5. The van der Waals surface area contributed by atoms with E-state index in [1.165, 1.54) is 18.2 Å². The summed E-state index contributed by atoms with van der Waals surface area (Å²) >= 11 is 5.95. The quantitative estimate of drug-likeness (QED) is 0.365. The van der Waals surface area contributed by atoms with Crippen LogP contribution in [0.4, 0.5) is 5.69 Å². The first-order chi connectivity index (χ1) is 13.7. The van der Waals surface area contributed by atoms with E-state index < -0.39 is 27.4 Å². The molecule has 154 valence electrons. The number of hydrogen-bond acceptors (Lipinski definition) is 6. The Morgan fingerprint density at radius 1 is 1.28 bits per heavy atom. The number of nitro groups is 1. The molecule has 1 N–H and O–H groups in total. The van der Waals surface area contributed by atoms with Gasteiger partial charge in [0.25, 0.3) is 11.6 Å². The van der Waals surface area contributed by atoms with Gasteiger partial charge < -0.3 is 0 Å². The smallest absolute Gasteiger partial charge is 0.270 e. The summed E-state index contributed by atoms with van der Waals surface area (Å²) in [4.78, 5) is 22.3. The Morgan fingerprint density at radius 3 is 2.59 bits per heavy atom. The summed E-state index contributed by atoms with van der Waals surface area (Å²) in [7, 11) is -3.60. The number of carbonyl (C=O) groups is 1. The van der Waals surface area contributed by atoms with Gasteiger partial charge in [-0.2, -0.15) is 9.41 Å². The predicted octanol–water partition coefficient (Wildman–Crippen LogP) is 2.20. The van der Waals surface area contributed by atoms with Crippen molar-refractivity contribution >= 4 is 39.4 Å². The van der Waals surface area contributed by atoms with Crippen molar-refractivity contribution < 1.29 is 18.1 Å². The third kappa shape index (κ3) is 7.26. The molecule has 1 amide bonds. The summed E-state index contributed by atoms with van der Waals surface area (Å²) < 4.78 is 25.0. The van der Waals surface area contributed by atoms with E-state index in [1.807, 2.05) is 30.3 Å². The Balaban J connectivity index is 1.98. The fourth-order valence-electron chi connectivity index (χ4n) is 2.37. The minimum atomic E-state index is -3.60. The third-order valence-corrected chi connectivity index (χ3v) is 5.46. The second-order valence-electron chi connectivity index (χ2n) is 6.09. The molecule has 0 unspecified atom stereocenters. The fourth-order valence-corrected chi connectivity index (χ4v) is 3.31. The fraction of sp³-hybridized carbons (Fsp3) is 0.222. The molecule has 0 atom stereocenters. The molecule has 0 spiro atoms. The summed E-state index contributed by atoms with van der Waals surface area (Å²) in [6.07, 6.45) is 2.63. The van der Waals surface area contributed by atoms with E-state index in [2.05, 4.69) is 10.5 Å². The molecular formula is C18H19ClN4O5S. The van der Waals surface area contributed by atoms with Crippen molar-refractivity contribution in [3.05, 3.63) is 74.8 Å². The molecule has 0 aliphatic rings. The SMILES string of the molecule is CS(=O)(=O)N(CCc1ccccc1)CC(=O)NN=Cc1cc([N+](=O)[O-])ccc1Cl. The van der Waals surface area contributed by atoms with Crippen LogP contribution in [-0.2, 0) is 21.2 Å². The molecule has 0 heterocycles. The average molecular weight is 439 g/mol. The van der Waals surface area contributed by atoms with Crippen molar-refractivity contribution in [2.75, 3.05) is 19.3 Å². The van der Waals surface area contributed by atoms with E-state index in [1.54, 1.807) is 0 Å². The van der Waals surface area contributed by atoms with Crippen LogP contribution < -0.4 is 5.43 Å². The second-order valence-corrected chi connectivity index (χ2v) is 8.48. The standard InChI is InChI=1S/C18H19ClN4O5S/c1-29(27,28)22(10-9-14-5-3-2-4-6-14)13-18(24)21-20-12-15-11-16(23(25)26)7-8-17(15)19/h2-8,11-12H,9-10,13H2,1H3,(H,21,24). The van der Waals surface area contributed by atoms with Crippen molar-refractivity contribution in [1.29, 1.82) is 0 Å². The maximum absolute atomic E-state index is 12.1. The first-order valence-corrected chi connectivity index (χ1v) is 10.6. The summed E-state index contributed by atoms with van der Waals surface area (Å²) in [6, 6.07) is 13.1. The van der Waals surface area contributed by atoms with Crippen molar-refractivity contribution in [3.63, 3.8) is 0 Å².